The highest BCUT2D eigenvalue weighted by atomic mass is 35.5. The van der Waals surface area contributed by atoms with Crippen molar-refractivity contribution in [1.82, 2.24) is 0 Å². The van der Waals surface area contributed by atoms with Crippen molar-refractivity contribution < 1.29 is 4.79 Å². The summed E-state index contributed by atoms with van der Waals surface area (Å²) >= 11 is 5.96. The summed E-state index contributed by atoms with van der Waals surface area (Å²) in [7, 11) is 0. The molecule has 0 saturated heterocycles. The molecule has 1 amide bonds. The maximum atomic E-state index is 12.7. The van der Waals surface area contributed by atoms with E-state index in [0.717, 1.165) is 22.4 Å². The topological polar surface area (TPSA) is 20.3 Å². The summed E-state index contributed by atoms with van der Waals surface area (Å²) in [6, 6.07) is 15.4. The number of alkyl halides is 1. The number of carbonyl (C=O) groups is 1. The number of nitrogens with zero attached hydrogens (tertiary/aromatic N) is 1. The van der Waals surface area contributed by atoms with Crippen molar-refractivity contribution in [3.8, 4) is 0 Å². The summed E-state index contributed by atoms with van der Waals surface area (Å²) in [4.78, 5) is 14.2. The van der Waals surface area contributed by atoms with E-state index in [0.29, 0.717) is 0 Å². The van der Waals surface area contributed by atoms with E-state index in [1.165, 1.54) is 0 Å². The molecule has 0 aliphatic heterocycles. The van der Waals surface area contributed by atoms with Gasteiger partial charge in [-0.05, 0) is 37.1 Å². The fraction of sp³-hybridized carbons (Fsp3) is 0.188. The van der Waals surface area contributed by atoms with Gasteiger partial charge in [0.05, 0.1) is 0 Å². The molecule has 19 heavy (non-hydrogen) atoms. The Morgan fingerprint density at radius 2 is 1.58 bits per heavy atom. The first-order valence-electron chi connectivity index (χ1n) is 6.14. The summed E-state index contributed by atoms with van der Waals surface area (Å²) in [6.45, 7) is 3.88. The second-order valence-electron chi connectivity index (χ2n) is 4.46. The summed E-state index contributed by atoms with van der Waals surface area (Å²) in [5.41, 5.74) is 3.48. The minimum absolute atomic E-state index is 0.0585. The highest BCUT2D eigenvalue weighted by Gasteiger charge is 2.19. The Labute approximate surface area is 118 Å². The predicted octanol–water partition coefficient (Wildman–Crippen LogP) is 4.15. The molecule has 2 rings (SSSR count). The van der Waals surface area contributed by atoms with Gasteiger partial charge in [0.2, 0.25) is 0 Å². The number of amides is 1. The van der Waals surface area contributed by atoms with Crippen LogP contribution in [0.3, 0.4) is 0 Å². The fourth-order valence-corrected chi connectivity index (χ4v) is 2.38. The zero-order valence-electron chi connectivity index (χ0n) is 11.1. The SMILES string of the molecule is Cc1cccc(C)c1C(=O)N(CCl)c1ccccc1. The maximum absolute atomic E-state index is 12.7. The van der Waals surface area contributed by atoms with Crippen molar-refractivity contribution in [2.75, 3.05) is 10.9 Å². The Morgan fingerprint density at radius 1 is 1.00 bits per heavy atom. The fourth-order valence-electron chi connectivity index (χ4n) is 2.14. The second-order valence-corrected chi connectivity index (χ2v) is 4.69. The number of rotatable bonds is 3. The van der Waals surface area contributed by atoms with Gasteiger partial charge in [-0.25, -0.2) is 0 Å². The lowest BCUT2D eigenvalue weighted by Crippen LogP contribution is -2.30. The molecular formula is C16H16ClNO. The van der Waals surface area contributed by atoms with Crippen LogP contribution in [-0.2, 0) is 0 Å². The first-order valence-corrected chi connectivity index (χ1v) is 6.67. The number of carbonyl (C=O) groups excluding carboxylic acids is 1. The van der Waals surface area contributed by atoms with Gasteiger partial charge in [-0.2, -0.15) is 0 Å². The predicted molar refractivity (Wildman–Crippen MR) is 79.9 cm³/mol. The lowest BCUT2D eigenvalue weighted by Gasteiger charge is -2.22. The summed E-state index contributed by atoms with van der Waals surface area (Å²) in [6.07, 6.45) is 0. The van der Waals surface area contributed by atoms with E-state index in [1.54, 1.807) is 4.90 Å². The highest BCUT2D eigenvalue weighted by molar-refractivity contribution is 6.23. The lowest BCUT2D eigenvalue weighted by molar-refractivity contribution is 0.0990. The van der Waals surface area contributed by atoms with E-state index in [-0.39, 0.29) is 11.9 Å². The molecule has 3 heteroatoms. The van der Waals surface area contributed by atoms with Crippen molar-refractivity contribution in [2.24, 2.45) is 0 Å². The molecule has 0 spiro atoms. The van der Waals surface area contributed by atoms with E-state index < -0.39 is 0 Å². The van der Waals surface area contributed by atoms with Crippen LogP contribution in [0.1, 0.15) is 21.5 Å². The minimum atomic E-state index is -0.0585. The zero-order chi connectivity index (χ0) is 13.8. The molecule has 0 atom stereocenters. The number of para-hydroxylation sites is 1. The first-order chi connectivity index (χ1) is 9.15. The van der Waals surface area contributed by atoms with Crippen molar-refractivity contribution in [1.29, 1.82) is 0 Å². The van der Waals surface area contributed by atoms with Crippen LogP contribution in [0.15, 0.2) is 48.5 Å². The smallest absolute Gasteiger partial charge is 0.259 e. The molecule has 0 saturated carbocycles. The molecule has 2 nitrogen and oxygen atoms in total. The van der Waals surface area contributed by atoms with Crippen molar-refractivity contribution in [3.05, 3.63) is 65.2 Å². The zero-order valence-corrected chi connectivity index (χ0v) is 11.8. The Kier molecular flexibility index (Phi) is 4.23. The third-order valence-electron chi connectivity index (χ3n) is 3.13. The van der Waals surface area contributed by atoms with Gasteiger partial charge in [0.25, 0.3) is 5.91 Å². The van der Waals surface area contributed by atoms with Crippen LogP contribution in [0.2, 0.25) is 0 Å². The largest absolute Gasteiger partial charge is 0.294 e. The number of hydrogen-bond acceptors (Lipinski definition) is 1. The van der Waals surface area contributed by atoms with Crippen molar-refractivity contribution >= 4 is 23.2 Å². The molecular weight excluding hydrogens is 258 g/mol. The second kappa shape index (κ2) is 5.89. The molecule has 0 radical (unpaired) electrons. The standard InChI is InChI=1S/C16H16ClNO/c1-12-7-6-8-13(2)15(12)16(19)18(11-17)14-9-4-3-5-10-14/h3-10H,11H2,1-2H3. The van der Waals surface area contributed by atoms with Crippen LogP contribution >= 0.6 is 11.6 Å². The van der Waals surface area contributed by atoms with Gasteiger partial charge in [0.1, 0.15) is 6.00 Å². The monoisotopic (exact) mass is 273 g/mol. The number of halogens is 1. The average molecular weight is 274 g/mol. The van der Waals surface area contributed by atoms with Gasteiger partial charge in [-0.3, -0.25) is 9.69 Å². The molecule has 0 fully saturated rings. The van der Waals surface area contributed by atoms with E-state index in [4.69, 9.17) is 11.6 Å². The molecule has 0 N–H and O–H groups in total. The van der Waals surface area contributed by atoms with Gasteiger partial charge in [-0.1, -0.05) is 36.4 Å². The van der Waals surface area contributed by atoms with E-state index in [1.807, 2.05) is 62.4 Å². The molecule has 0 heterocycles. The first kappa shape index (κ1) is 13.6. The Balaban J connectivity index is 2.42. The molecule has 2 aromatic carbocycles. The third-order valence-corrected chi connectivity index (χ3v) is 3.37. The van der Waals surface area contributed by atoms with E-state index >= 15 is 0 Å². The van der Waals surface area contributed by atoms with Crippen molar-refractivity contribution in [2.45, 2.75) is 13.8 Å². The third kappa shape index (κ3) is 2.79. The molecule has 2 aromatic rings. The molecule has 98 valence electrons. The Hall–Kier alpha value is -1.80. The normalized spacial score (nSPS) is 10.3. The quantitative estimate of drug-likeness (QED) is 0.608. The summed E-state index contributed by atoms with van der Waals surface area (Å²) in [5, 5.41) is 0. The van der Waals surface area contributed by atoms with Crippen LogP contribution in [0.5, 0.6) is 0 Å². The minimum Gasteiger partial charge on any atom is -0.294 e. The van der Waals surface area contributed by atoms with Gasteiger partial charge in [0, 0.05) is 11.3 Å². The lowest BCUT2D eigenvalue weighted by atomic mass is 10.0. The molecule has 0 aliphatic carbocycles. The van der Waals surface area contributed by atoms with Crippen molar-refractivity contribution in [3.63, 3.8) is 0 Å². The van der Waals surface area contributed by atoms with E-state index in [9.17, 15) is 4.79 Å². The Bertz CT molecular complexity index is 560. The highest BCUT2D eigenvalue weighted by Crippen LogP contribution is 2.21. The average Bonchev–Trinajstić information content (AvgIpc) is 2.40. The molecule has 0 bridgehead atoms. The summed E-state index contributed by atoms with van der Waals surface area (Å²) < 4.78 is 0. The number of benzene rings is 2. The molecule has 0 unspecified atom stereocenters. The maximum Gasteiger partial charge on any atom is 0.259 e. The number of aryl methyl sites for hydroxylation is 2. The number of hydrogen-bond donors (Lipinski definition) is 0. The summed E-state index contributed by atoms with van der Waals surface area (Å²) in [5.74, 6) is -0.0585. The van der Waals surface area contributed by atoms with Crippen LogP contribution in [-0.4, -0.2) is 11.9 Å². The Morgan fingerprint density at radius 3 is 2.11 bits per heavy atom. The molecule has 0 aromatic heterocycles. The van der Waals surface area contributed by atoms with Crippen LogP contribution in [0.4, 0.5) is 5.69 Å². The van der Waals surface area contributed by atoms with Gasteiger partial charge < -0.3 is 0 Å². The molecule has 0 aliphatic rings. The van der Waals surface area contributed by atoms with Crippen LogP contribution in [0.25, 0.3) is 0 Å². The van der Waals surface area contributed by atoms with Crippen LogP contribution in [0, 0.1) is 13.8 Å². The van der Waals surface area contributed by atoms with Gasteiger partial charge in [0.15, 0.2) is 0 Å². The number of anilines is 1. The van der Waals surface area contributed by atoms with Gasteiger partial charge >= 0.3 is 0 Å². The van der Waals surface area contributed by atoms with Crippen LogP contribution < -0.4 is 4.90 Å². The van der Waals surface area contributed by atoms with Gasteiger partial charge in [-0.15, -0.1) is 11.6 Å². The van der Waals surface area contributed by atoms with E-state index in [2.05, 4.69) is 0 Å².